The molecule has 0 aliphatic carbocycles. The highest BCUT2D eigenvalue weighted by atomic mass is 127. The smallest absolute Gasteiger partial charge is 0.173 e. The zero-order valence-electron chi connectivity index (χ0n) is 11.3. The molecule has 1 aromatic heterocycles. The first-order valence-electron chi connectivity index (χ1n) is 6.20. The molecule has 0 spiro atoms. The third-order valence-corrected chi connectivity index (χ3v) is 2.73. The molecule has 0 saturated carbocycles. The molecule has 1 saturated heterocycles. The van der Waals surface area contributed by atoms with Crippen LogP contribution in [0.25, 0.3) is 0 Å². The van der Waals surface area contributed by atoms with Crippen molar-refractivity contribution in [2.75, 3.05) is 13.6 Å². The largest absolute Gasteiger partial charge is 1.00 e. The van der Waals surface area contributed by atoms with E-state index < -0.39 is 6.98 Å². The van der Waals surface area contributed by atoms with Crippen molar-refractivity contribution in [2.24, 2.45) is 6.98 Å². The number of likely N-dealkylation sites (tertiary alicyclic amines) is 1. The molecule has 1 fully saturated rings. The first-order valence-corrected chi connectivity index (χ1v) is 4.70. The van der Waals surface area contributed by atoms with E-state index in [2.05, 4.69) is 11.9 Å². The maximum absolute atomic E-state index is 7.37. The van der Waals surface area contributed by atoms with Gasteiger partial charge in [-0.15, -0.1) is 0 Å². The SMILES string of the molecule is [2H]C([2H])([2H])[n+]1cccc([C@@H]2CCCN2C)c1.[I-]. The number of nitrogens with zero attached hydrogens (tertiary/aromatic N) is 2. The average molecular weight is 307 g/mol. The second kappa shape index (κ2) is 5.07. The predicted octanol–water partition coefficient (Wildman–Crippen LogP) is -1.72. The van der Waals surface area contributed by atoms with Gasteiger partial charge in [0.15, 0.2) is 12.4 Å². The number of hydrogen-bond donors (Lipinski definition) is 0. The molecule has 78 valence electrons. The van der Waals surface area contributed by atoms with Gasteiger partial charge in [-0.2, -0.15) is 0 Å². The molecule has 3 heteroatoms. The Morgan fingerprint density at radius 3 is 3.14 bits per heavy atom. The molecule has 0 amide bonds. The number of aromatic nitrogens is 1. The van der Waals surface area contributed by atoms with Crippen molar-refractivity contribution in [3.8, 4) is 0 Å². The molecule has 2 heterocycles. The highest BCUT2D eigenvalue weighted by Crippen LogP contribution is 2.28. The van der Waals surface area contributed by atoms with Crippen LogP contribution in [0.2, 0.25) is 0 Å². The van der Waals surface area contributed by atoms with Crippen LogP contribution < -0.4 is 28.5 Å². The Hall–Kier alpha value is -0.160. The van der Waals surface area contributed by atoms with Crippen LogP contribution in [-0.4, -0.2) is 18.5 Å². The first-order chi connectivity index (χ1) is 7.48. The van der Waals surface area contributed by atoms with Crippen LogP contribution in [0.1, 0.15) is 28.6 Å². The van der Waals surface area contributed by atoms with Crippen molar-refractivity contribution in [1.82, 2.24) is 4.90 Å². The lowest BCUT2D eigenvalue weighted by molar-refractivity contribution is -0.672. The van der Waals surface area contributed by atoms with Gasteiger partial charge in [-0.1, -0.05) is 0 Å². The molecular weight excluding hydrogens is 287 g/mol. The maximum Gasteiger partial charge on any atom is 0.173 e. The van der Waals surface area contributed by atoms with Gasteiger partial charge in [-0.25, -0.2) is 4.57 Å². The third kappa shape index (κ3) is 2.45. The second-order valence-corrected chi connectivity index (χ2v) is 3.68. The molecule has 2 rings (SSSR count). The topological polar surface area (TPSA) is 7.12 Å². The summed E-state index contributed by atoms with van der Waals surface area (Å²) in [6, 6.07) is 4.19. The molecule has 2 nitrogen and oxygen atoms in total. The summed E-state index contributed by atoms with van der Waals surface area (Å²) in [5.41, 5.74) is 1.10. The van der Waals surface area contributed by atoms with Gasteiger partial charge >= 0.3 is 0 Å². The van der Waals surface area contributed by atoms with Gasteiger partial charge in [-0.05, 0) is 32.5 Å². The molecule has 1 atom stereocenters. The van der Waals surface area contributed by atoms with Crippen molar-refractivity contribution in [3.63, 3.8) is 0 Å². The minimum absolute atomic E-state index is 0. The van der Waals surface area contributed by atoms with E-state index in [4.69, 9.17) is 4.11 Å². The fraction of sp³-hybridized carbons (Fsp3) is 0.545. The molecule has 0 radical (unpaired) electrons. The van der Waals surface area contributed by atoms with E-state index >= 15 is 0 Å². The molecule has 1 aliphatic heterocycles. The van der Waals surface area contributed by atoms with Crippen LogP contribution in [-0.2, 0) is 6.98 Å². The summed E-state index contributed by atoms with van der Waals surface area (Å²) in [7, 11) is 2.09. The number of hydrogen-bond acceptors (Lipinski definition) is 1. The van der Waals surface area contributed by atoms with E-state index in [1.165, 1.54) is 11.0 Å². The average Bonchev–Trinajstić information content (AvgIpc) is 2.63. The van der Waals surface area contributed by atoms with Crippen LogP contribution in [0.3, 0.4) is 0 Å². The molecule has 0 N–H and O–H groups in total. The summed E-state index contributed by atoms with van der Waals surface area (Å²) in [6.45, 7) is -0.986. The van der Waals surface area contributed by atoms with Crippen molar-refractivity contribution in [2.45, 2.75) is 18.9 Å². The molecule has 1 aromatic rings. The van der Waals surface area contributed by atoms with E-state index in [-0.39, 0.29) is 24.0 Å². The van der Waals surface area contributed by atoms with Crippen molar-refractivity contribution in [3.05, 3.63) is 30.1 Å². The summed E-state index contributed by atoms with van der Waals surface area (Å²) < 4.78 is 23.4. The minimum Gasteiger partial charge on any atom is -1.00 e. The van der Waals surface area contributed by atoms with E-state index in [1.807, 2.05) is 12.1 Å². The van der Waals surface area contributed by atoms with Gasteiger partial charge in [0.1, 0.15) is 11.1 Å². The Balaban J connectivity index is 0.00000144. The lowest BCUT2D eigenvalue weighted by atomic mass is 10.1. The number of rotatable bonds is 1. The van der Waals surface area contributed by atoms with Gasteiger partial charge in [0.2, 0.25) is 0 Å². The zero-order valence-corrected chi connectivity index (χ0v) is 10.4. The normalized spacial score (nSPS) is 26.1. The standard InChI is InChI=1S/C11H17N2.HI/c1-12-7-3-5-10(9-12)11-6-4-8-13(11)2;/h3,5,7,9,11H,4,6,8H2,1-2H3;1H/q+1;/p-1/t11-;/m0./s1/i1D3;. The van der Waals surface area contributed by atoms with E-state index in [0.717, 1.165) is 18.5 Å². The van der Waals surface area contributed by atoms with Crippen molar-refractivity contribution >= 4 is 0 Å². The fourth-order valence-electron chi connectivity index (χ4n) is 2.02. The summed E-state index contributed by atoms with van der Waals surface area (Å²) in [5.74, 6) is 0. The highest BCUT2D eigenvalue weighted by molar-refractivity contribution is 5.12. The summed E-state index contributed by atoms with van der Waals surface area (Å²) >= 11 is 0. The Labute approximate surface area is 107 Å². The van der Waals surface area contributed by atoms with E-state index in [1.54, 1.807) is 12.4 Å². The lowest BCUT2D eigenvalue weighted by Gasteiger charge is -2.17. The van der Waals surface area contributed by atoms with E-state index in [9.17, 15) is 0 Å². The molecule has 0 bridgehead atoms. The van der Waals surface area contributed by atoms with Crippen LogP contribution in [0.5, 0.6) is 0 Å². The first kappa shape index (κ1) is 8.05. The Bertz CT molecular complexity index is 381. The summed E-state index contributed by atoms with van der Waals surface area (Å²) in [4.78, 5) is 2.28. The van der Waals surface area contributed by atoms with Gasteiger partial charge in [0.25, 0.3) is 0 Å². The Kier molecular flexibility index (Phi) is 2.91. The lowest BCUT2D eigenvalue weighted by Crippen LogP contribution is -3.00. The predicted molar refractivity (Wildman–Crippen MR) is 52.2 cm³/mol. The van der Waals surface area contributed by atoms with Crippen LogP contribution in [0.4, 0.5) is 0 Å². The van der Waals surface area contributed by atoms with Gasteiger partial charge in [0, 0.05) is 17.7 Å². The number of aryl methyl sites for hydroxylation is 1. The monoisotopic (exact) mass is 307 g/mol. The van der Waals surface area contributed by atoms with Gasteiger partial charge in [-0.3, -0.25) is 4.90 Å². The number of halogens is 1. The molecule has 1 aliphatic rings. The summed E-state index contributed by atoms with van der Waals surface area (Å²) in [5, 5.41) is 0. The number of pyridine rings is 1. The quantitative estimate of drug-likeness (QED) is 0.442. The molecule has 14 heavy (non-hydrogen) atoms. The van der Waals surface area contributed by atoms with Crippen LogP contribution >= 0.6 is 0 Å². The summed E-state index contributed by atoms with van der Waals surface area (Å²) in [6.07, 6.45) is 5.65. The molecule has 0 aromatic carbocycles. The maximum atomic E-state index is 7.37. The Morgan fingerprint density at radius 1 is 1.64 bits per heavy atom. The fourth-order valence-corrected chi connectivity index (χ4v) is 2.02. The van der Waals surface area contributed by atoms with Crippen molar-refractivity contribution < 1.29 is 32.7 Å². The highest BCUT2D eigenvalue weighted by Gasteiger charge is 2.23. The van der Waals surface area contributed by atoms with Gasteiger partial charge < -0.3 is 24.0 Å². The Morgan fingerprint density at radius 2 is 2.50 bits per heavy atom. The second-order valence-electron chi connectivity index (χ2n) is 3.68. The van der Waals surface area contributed by atoms with E-state index in [0.29, 0.717) is 6.04 Å². The van der Waals surface area contributed by atoms with Crippen LogP contribution in [0, 0.1) is 0 Å². The minimum atomic E-state index is -2.08. The third-order valence-electron chi connectivity index (χ3n) is 2.73. The van der Waals surface area contributed by atoms with Crippen LogP contribution in [0.15, 0.2) is 24.5 Å². The molecular formula is C11H17IN2. The van der Waals surface area contributed by atoms with Crippen molar-refractivity contribution in [1.29, 1.82) is 0 Å². The zero-order chi connectivity index (χ0) is 11.8. The van der Waals surface area contributed by atoms with Gasteiger partial charge in [0.05, 0.1) is 0 Å². The molecule has 0 unspecified atom stereocenters.